The predicted octanol–water partition coefficient (Wildman–Crippen LogP) is 4.23. The SMILES string of the molecule is CC(=O)c1cc2c(=O)c3cc(O)ccc3oc2c(C(C)=O)c1-c1coc2cc(O)cc(C(=O)O)c2c1=O. The van der Waals surface area contributed by atoms with Gasteiger partial charge in [0.25, 0.3) is 0 Å². The first-order chi connectivity index (χ1) is 17.5. The van der Waals surface area contributed by atoms with Crippen LogP contribution in [0.25, 0.3) is 44.0 Å². The fourth-order valence-electron chi connectivity index (χ4n) is 4.45. The molecule has 0 aliphatic rings. The molecular weight excluding hydrogens is 484 g/mol. The number of aromatic hydroxyl groups is 2. The Morgan fingerprint density at radius 1 is 0.784 bits per heavy atom. The number of carbonyl (C=O) groups is 3. The summed E-state index contributed by atoms with van der Waals surface area (Å²) in [6.07, 6.45) is 0.951. The largest absolute Gasteiger partial charge is 0.508 e. The summed E-state index contributed by atoms with van der Waals surface area (Å²) in [5, 5.41) is 28.8. The summed E-state index contributed by atoms with van der Waals surface area (Å²) < 4.78 is 11.3. The van der Waals surface area contributed by atoms with Gasteiger partial charge in [-0.2, -0.15) is 0 Å². The van der Waals surface area contributed by atoms with E-state index in [0.29, 0.717) is 0 Å². The fourth-order valence-corrected chi connectivity index (χ4v) is 4.45. The maximum Gasteiger partial charge on any atom is 0.336 e. The minimum Gasteiger partial charge on any atom is -0.508 e. The zero-order chi connectivity index (χ0) is 26.8. The van der Waals surface area contributed by atoms with Crippen molar-refractivity contribution in [2.24, 2.45) is 0 Å². The van der Waals surface area contributed by atoms with Gasteiger partial charge in [-0.1, -0.05) is 0 Å². The molecule has 0 fully saturated rings. The predicted molar refractivity (Wildman–Crippen MR) is 132 cm³/mol. The van der Waals surface area contributed by atoms with E-state index in [9.17, 15) is 39.3 Å². The van der Waals surface area contributed by atoms with Gasteiger partial charge in [-0.3, -0.25) is 19.2 Å². The Labute approximate surface area is 205 Å². The van der Waals surface area contributed by atoms with Gasteiger partial charge in [0, 0.05) is 17.2 Å². The van der Waals surface area contributed by atoms with Crippen molar-refractivity contribution in [2.45, 2.75) is 13.8 Å². The molecule has 0 unspecified atom stereocenters. The van der Waals surface area contributed by atoms with Crippen molar-refractivity contribution in [3.8, 4) is 22.6 Å². The molecule has 3 N–H and O–H groups in total. The Bertz CT molecular complexity index is 1970. The second-order valence-electron chi connectivity index (χ2n) is 8.42. The van der Waals surface area contributed by atoms with Crippen LogP contribution >= 0.6 is 0 Å². The number of fused-ring (bicyclic) bond motifs is 3. The van der Waals surface area contributed by atoms with E-state index < -0.39 is 39.7 Å². The summed E-state index contributed by atoms with van der Waals surface area (Å²) in [6.45, 7) is 2.33. The van der Waals surface area contributed by atoms with Crippen LogP contribution in [0.3, 0.4) is 0 Å². The lowest BCUT2D eigenvalue weighted by Crippen LogP contribution is -2.15. The van der Waals surface area contributed by atoms with E-state index in [4.69, 9.17) is 8.83 Å². The summed E-state index contributed by atoms with van der Waals surface area (Å²) in [4.78, 5) is 64.4. The van der Waals surface area contributed by atoms with Crippen LogP contribution in [0.4, 0.5) is 0 Å². The molecule has 5 rings (SSSR count). The van der Waals surface area contributed by atoms with Gasteiger partial charge in [0.2, 0.25) is 10.9 Å². The van der Waals surface area contributed by atoms with E-state index in [1.54, 1.807) is 0 Å². The molecule has 0 saturated heterocycles. The highest BCUT2D eigenvalue weighted by atomic mass is 16.4. The molecule has 0 spiro atoms. The number of phenols is 2. The van der Waals surface area contributed by atoms with E-state index in [0.717, 1.165) is 25.3 Å². The van der Waals surface area contributed by atoms with Gasteiger partial charge < -0.3 is 24.2 Å². The lowest BCUT2D eigenvalue weighted by molar-refractivity contribution is 0.0697. The van der Waals surface area contributed by atoms with Gasteiger partial charge in [0.05, 0.1) is 32.8 Å². The van der Waals surface area contributed by atoms with Crippen LogP contribution in [0.1, 0.15) is 44.9 Å². The third-order valence-corrected chi connectivity index (χ3v) is 6.04. The van der Waals surface area contributed by atoms with Crippen molar-refractivity contribution in [2.75, 3.05) is 0 Å². The average Bonchev–Trinajstić information content (AvgIpc) is 2.83. The van der Waals surface area contributed by atoms with Gasteiger partial charge in [-0.05, 0) is 44.2 Å². The summed E-state index contributed by atoms with van der Waals surface area (Å²) in [7, 11) is 0. The molecule has 184 valence electrons. The highest BCUT2D eigenvalue weighted by molar-refractivity contribution is 6.17. The molecule has 0 aliphatic heterocycles. The van der Waals surface area contributed by atoms with Crippen molar-refractivity contribution < 1.29 is 38.5 Å². The van der Waals surface area contributed by atoms with Gasteiger partial charge >= 0.3 is 5.97 Å². The van der Waals surface area contributed by atoms with Gasteiger partial charge in [0.1, 0.15) is 34.5 Å². The van der Waals surface area contributed by atoms with Crippen molar-refractivity contribution in [1.82, 2.24) is 0 Å². The van der Waals surface area contributed by atoms with Crippen molar-refractivity contribution >= 4 is 50.4 Å². The number of benzene rings is 3. The third kappa shape index (κ3) is 3.54. The van der Waals surface area contributed by atoms with Crippen LogP contribution in [0, 0.1) is 0 Å². The van der Waals surface area contributed by atoms with E-state index in [2.05, 4.69) is 0 Å². The highest BCUT2D eigenvalue weighted by Crippen LogP contribution is 2.36. The highest BCUT2D eigenvalue weighted by Gasteiger charge is 2.28. The quantitative estimate of drug-likeness (QED) is 0.239. The molecule has 0 amide bonds. The maximum absolute atomic E-state index is 13.6. The number of hydrogen-bond acceptors (Lipinski definition) is 9. The summed E-state index contributed by atoms with van der Waals surface area (Å²) >= 11 is 0. The number of Topliss-reactive ketones (excluding diaryl/α,β-unsaturated/α-hetero) is 2. The Balaban J connectivity index is 2.02. The monoisotopic (exact) mass is 500 g/mol. The number of hydrogen-bond donors (Lipinski definition) is 3. The topological polar surface area (TPSA) is 172 Å². The zero-order valence-electron chi connectivity index (χ0n) is 19.2. The minimum atomic E-state index is -1.51. The molecule has 2 heterocycles. The molecule has 5 aromatic rings. The average molecular weight is 500 g/mol. The first-order valence-corrected chi connectivity index (χ1v) is 10.8. The lowest BCUT2D eigenvalue weighted by atomic mass is 9.88. The molecule has 0 radical (unpaired) electrons. The molecule has 0 saturated carbocycles. The Morgan fingerprint density at radius 3 is 2.16 bits per heavy atom. The van der Waals surface area contributed by atoms with Crippen LogP contribution < -0.4 is 10.9 Å². The number of carboxylic acids is 1. The number of carbonyl (C=O) groups excluding carboxylic acids is 2. The lowest BCUT2D eigenvalue weighted by Gasteiger charge is -2.15. The summed E-state index contributed by atoms with van der Waals surface area (Å²) in [6, 6.07) is 6.94. The van der Waals surface area contributed by atoms with E-state index in [1.807, 2.05) is 0 Å². The second-order valence-corrected chi connectivity index (χ2v) is 8.42. The molecule has 10 nitrogen and oxygen atoms in total. The van der Waals surface area contributed by atoms with E-state index in [1.165, 1.54) is 31.2 Å². The second kappa shape index (κ2) is 8.16. The number of carboxylic acid groups (broad SMARTS) is 1. The Kier molecular flexibility index (Phi) is 5.18. The Hall–Kier alpha value is -5.25. The summed E-state index contributed by atoms with van der Waals surface area (Å²) in [5.41, 5.74) is -3.33. The number of phenolic OH excluding ortho intramolecular Hbond substituents is 2. The molecule has 3 aromatic carbocycles. The Morgan fingerprint density at radius 2 is 1.51 bits per heavy atom. The smallest absolute Gasteiger partial charge is 0.336 e. The normalized spacial score (nSPS) is 11.3. The molecule has 0 atom stereocenters. The van der Waals surface area contributed by atoms with E-state index in [-0.39, 0.29) is 60.9 Å². The number of ketones is 2. The molecular formula is C27H16O10. The minimum absolute atomic E-state index is 0.0142. The molecule has 0 aliphatic carbocycles. The fraction of sp³-hybridized carbons (Fsp3) is 0.0741. The standard InChI is InChI=1S/C27H16O10/c1-10(28)14-8-17-24(32)15-5-12(30)3-4-19(15)37-26(17)21(11(2)29)22(14)18-9-36-20-7-13(31)6-16(27(34)35)23(20)25(18)33/h3-9,30-31H,1-2H3,(H,34,35). The van der Waals surface area contributed by atoms with E-state index >= 15 is 0 Å². The maximum atomic E-state index is 13.6. The first-order valence-electron chi connectivity index (χ1n) is 10.8. The van der Waals surface area contributed by atoms with Gasteiger partial charge in [-0.15, -0.1) is 0 Å². The zero-order valence-corrected chi connectivity index (χ0v) is 19.2. The molecule has 2 aromatic heterocycles. The number of aromatic carboxylic acids is 1. The van der Waals surface area contributed by atoms with Crippen LogP contribution in [0.15, 0.2) is 61.1 Å². The van der Waals surface area contributed by atoms with Crippen LogP contribution in [-0.2, 0) is 0 Å². The molecule has 10 heteroatoms. The first kappa shape index (κ1) is 23.5. The van der Waals surface area contributed by atoms with Crippen molar-refractivity contribution in [1.29, 1.82) is 0 Å². The van der Waals surface area contributed by atoms with Crippen LogP contribution in [0.2, 0.25) is 0 Å². The van der Waals surface area contributed by atoms with Crippen LogP contribution in [-0.4, -0.2) is 32.9 Å². The number of rotatable bonds is 4. The van der Waals surface area contributed by atoms with Gasteiger partial charge in [0.15, 0.2) is 11.6 Å². The summed E-state index contributed by atoms with van der Waals surface area (Å²) in [5.74, 6) is -3.39. The van der Waals surface area contributed by atoms with Crippen molar-refractivity contribution in [3.05, 3.63) is 79.8 Å². The molecule has 37 heavy (non-hydrogen) atoms. The van der Waals surface area contributed by atoms with Crippen LogP contribution in [0.5, 0.6) is 11.5 Å². The van der Waals surface area contributed by atoms with Gasteiger partial charge in [-0.25, -0.2) is 4.79 Å². The van der Waals surface area contributed by atoms with Crippen molar-refractivity contribution in [3.63, 3.8) is 0 Å². The molecule has 0 bridgehead atoms. The third-order valence-electron chi connectivity index (χ3n) is 6.04.